The van der Waals surface area contributed by atoms with Crippen molar-refractivity contribution in [1.82, 2.24) is 19.5 Å². The second kappa shape index (κ2) is 10.8. The normalized spacial score (nSPS) is 11.9. The summed E-state index contributed by atoms with van der Waals surface area (Å²) in [6.45, 7) is 9.93. The van der Waals surface area contributed by atoms with E-state index in [2.05, 4.69) is 29.2 Å². The molecule has 4 heterocycles. The molecule has 0 saturated heterocycles. The number of hydrogen-bond acceptors (Lipinski definition) is 6. The molecule has 9 heteroatoms. The Bertz CT molecular complexity index is 2060. The molecule has 0 aliphatic carbocycles. The lowest BCUT2D eigenvalue weighted by atomic mass is 9.92. The number of ether oxygens (including phenoxy) is 1. The topological polar surface area (TPSA) is 90.1 Å². The smallest absolute Gasteiger partial charge is 0.307 e. The zero-order chi connectivity index (χ0) is 30.6. The van der Waals surface area contributed by atoms with Gasteiger partial charge in [0.1, 0.15) is 22.0 Å². The van der Waals surface area contributed by atoms with Crippen LogP contribution in [-0.2, 0) is 18.3 Å². The van der Waals surface area contributed by atoms with Crippen LogP contribution in [0.3, 0.4) is 0 Å². The number of halogens is 1. The molecule has 0 aliphatic heterocycles. The van der Waals surface area contributed by atoms with Crippen LogP contribution in [0.5, 0.6) is 5.75 Å². The molecule has 0 bridgehead atoms. The predicted octanol–water partition coefficient (Wildman–Crippen LogP) is 8.65. The third kappa shape index (κ3) is 5.60. The molecule has 6 aromatic rings. The minimum Gasteiger partial charge on any atom is -0.487 e. The summed E-state index contributed by atoms with van der Waals surface area (Å²) in [7, 11) is 1.99. The van der Waals surface area contributed by atoms with E-state index in [0.29, 0.717) is 10.8 Å². The van der Waals surface area contributed by atoms with Crippen LogP contribution in [0.15, 0.2) is 61.1 Å². The van der Waals surface area contributed by atoms with Gasteiger partial charge in [-0.25, -0.2) is 9.97 Å². The molecule has 1 N–H and O–H groups in total. The Hall–Kier alpha value is -4.27. The van der Waals surface area contributed by atoms with Gasteiger partial charge in [0.05, 0.1) is 22.3 Å². The first kappa shape index (κ1) is 28.8. The fourth-order valence-electron chi connectivity index (χ4n) is 5.45. The number of carbonyl (C=O) groups is 1. The van der Waals surface area contributed by atoms with Gasteiger partial charge >= 0.3 is 5.97 Å². The van der Waals surface area contributed by atoms with E-state index in [1.165, 1.54) is 11.3 Å². The van der Waals surface area contributed by atoms with Gasteiger partial charge < -0.3 is 14.4 Å². The quantitative estimate of drug-likeness (QED) is 0.203. The maximum Gasteiger partial charge on any atom is 0.307 e. The Morgan fingerprint density at radius 1 is 1.05 bits per heavy atom. The van der Waals surface area contributed by atoms with Crippen molar-refractivity contribution in [2.45, 2.75) is 46.6 Å². The summed E-state index contributed by atoms with van der Waals surface area (Å²) in [5.41, 5.74) is 8.21. The number of aliphatic carboxylic acids is 1. The van der Waals surface area contributed by atoms with Crippen LogP contribution >= 0.6 is 22.9 Å². The first-order chi connectivity index (χ1) is 20.4. The second-order valence-corrected chi connectivity index (χ2v) is 13.2. The van der Waals surface area contributed by atoms with Crippen LogP contribution in [0, 0.1) is 13.8 Å². The van der Waals surface area contributed by atoms with E-state index in [0.717, 1.165) is 70.9 Å². The third-order valence-electron chi connectivity index (χ3n) is 7.28. The van der Waals surface area contributed by atoms with Crippen molar-refractivity contribution in [2.24, 2.45) is 7.05 Å². The van der Waals surface area contributed by atoms with Gasteiger partial charge in [0.15, 0.2) is 0 Å². The predicted molar refractivity (Wildman–Crippen MR) is 174 cm³/mol. The average molecular weight is 611 g/mol. The third-order valence-corrected chi connectivity index (χ3v) is 8.66. The number of nitrogens with zero attached hydrogens (tertiary/aromatic N) is 4. The number of carboxylic acids is 1. The molecule has 0 unspecified atom stereocenters. The standard InChI is InChI=1S/C34H31ClN4O3S/c1-18-11-27-31(30(24(18)15-29(40)41)23-8-7-22(35)14-28(23)42-34(3,4)5)43-33(38-27)20-9-10-36-26(13-20)21-12-25-19(2)17-39(6)32(25)37-16-21/h7-14,16-17H,15H2,1-6H3,(H,40,41). The van der Waals surface area contributed by atoms with Gasteiger partial charge in [-0.3, -0.25) is 9.78 Å². The van der Waals surface area contributed by atoms with Crippen LogP contribution in [0.25, 0.3) is 54.2 Å². The van der Waals surface area contributed by atoms with Crippen molar-refractivity contribution in [3.05, 3.63) is 82.8 Å². The maximum absolute atomic E-state index is 12.0. The Labute approximate surface area is 258 Å². The van der Waals surface area contributed by atoms with Gasteiger partial charge in [-0.05, 0) is 93.8 Å². The first-order valence-corrected chi connectivity index (χ1v) is 15.1. The number of pyridine rings is 2. The number of aromatic nitrogens is 4. The molecular weight excluding hydrogens is 580 g/mol. The van der Waals surface area contributed by atoms with Crippen molar-refractivity contribution in [1.29, 1.82) is 0 Å². The van der Waals surface area contributed by atoms with Crippen LogP contribution in [0.1, 0.15) is 37.5 Å². The molecule has 0 saturated carbocycles. The summed E-state index contributed by atoms with van der Waals surface area (Å²) in [5, 5.41) is 12.3. The molecule has 218 valence electrons. The molecule has 43 heavy (non-hydrogen) atoms. The van der Waals surface area contributed by atoms with Gasteiger partial charge in [-0.1, -0.05) is 11.6 Å². The van der Waals surface area contributed by atoms with Gasteiger partial charge in [-0.15, -0.1) is 11.3 Å². The van der Waals surface area contributed by atoms with E-state index >= 15 is 0 Å². The Morgan fingerprint density at radius 3 is 2.58 bits per heavy atom. The number of rotatable bonds is 6. The minimum atomic E-state index is -0.904. The molecule has 7 nitrogen and oxygen atoms in total. The van der Waals surface area contributed by atoms with E-state index in [-0.39, 0.29) is 6.42 Å². The average Bonchev–Trinajstić information content (AvgIpc) is 3.48. The lowest BCUT2D eigenvalue weighted by molar-refractivity contribution is -0.136. The summed E-state index contributed by atoms with van der Waals surface area (Å²) in [6.07, 6.45) is 5.58. The van der Waals surface area contributed by atoms with Crippen molar-refractivity contribution in [2.75, 3.05) is 0 Å². The maximum atomic E-state index is 12.0. The highest BCUT2D eigenvalue weighted by molar-refractivity contribution is 7.22. The van der Waals surface area contributed by atoms with E-state index in [1.54, 1.807) is 12.3 Å². The van der Waals surface area contributed by atoms with Gasteiger partial charge in [0.2, 0.25) is 0 Å². The molecule has 4 aromatic heterocycles. The van der Waals surface area contributed by atoms with Gasteiger partial charge in [0, 0.05) is 58.3 Å². The largest absolute Gasteiger partial charge is 0.487 e. The second-order valence-electron chi connectivity index (χ2n) is 11.8. The molecule has 0 amide bonds. The molecule has 0 aliphatic rings. The molecule has 0 radical (unpaired) electrons. The summed E-state index contributed by atoms with van der Waals surface area (Å²) >= 11 is 7.93. The van der Waals surface area contributed by atoms with Gasteiger partial charge in [0.25, 0.3) is 0 Å². The van der Waals surface area contributed by atoms with Gasteiger partial charge in [-0.2, -0.15) is 0 Å². The number of carboxylic acid groups (broad SMARTS) is 1. The SMILES string of the molecule is Cc1cc2nc(-c3ccnc(-c4cnc5c(c4)c(C)cn5C)c3)sc2c(-c2ccc(Cl)cc2OC(C)(C)C)c1CC(=O)O. The molecular formula is C34H31ClN4O3S. The zero-order valence-corrected chi connectivity index (χ0v) is 26.4. The Balaban J connectivity index is 1.53. The first-order valence-electron chi connectivity index (χ1n) is 13.9. The fraction of sp³-hybridized carbons (Fsp3) is 0.235. The van der Waals surface area contributed by atoms with Crippen molar-refractivity contribution >= 4 is 50.2 Å². The minimum absolute atomic E-state index is 0.129. The lowest BCUT2D eigenvalue weighted by Crippen LogP contribution is -2.23. The number of fused-ring (bicyclic) bond motifs is 2. The molecule has 0 atom stereocenters. The Morgan fingerprint density at radius 2 is 1.84 bits per heavy atom. The van der Waals surface area contributed by atoms with Crippen molar-refractivity contribution in [3.8, 4) is 38.7 Å². The summed E-state index contributed by atoms with van der Waals surface area (Å²) in [5.74, 6) is -0.308. The van der Waals surface area contributed by atoms with Crippen molar-refractivity contribution in [3.63, 3.8) is 0 Å². The van der Waals surface area contributed by atoms with Crippen molar-refractivity contribution < 1.29 is 14.6 Å². The van der Waals surface area contributed by atoms with Crippen LogP contribution in [0.2, 0.25) is 5.02 Å². The lowest BCUT2D eigenvalue weighted by Gasteiger charge is -2.24. The fourth-order valence-corrected chi connectivity index (χ4v) is 6.74. The van der Waals surface area contributed by atoms with E-state index < -0.39 is 11.6 Å². The molecule has 6 rings (SSSR count). The van der Waals surface area contributed by atoms with Crippen LogP contribution in [-0.4, -0.2) is 36.2 Å². The van der Waals surface area contributed by atoms with E-state index in [9.17, 15) is 9.90 Å². The summed E-state index contributed by atoms with van der Waals surface area (Å²) < 4.78 is 9.26. The highest BCUT2D eigenvalue weighted by Gasteiger charge is 2.24. The highest BCUT2D eigenvalue weighted by atomic mass is 35.5. The van der Waals surface area contributed by atoms with Crippen LogP contribution in [0.4, 0.5) is 0 Å². The number of benzene rings is 2. The monoisotopic (exact) mass is 610 g/mol. The zero-order valence-electron chi connectivity index (χ0n) is 24.8. The highest BCUT2D eigenvalue weighted by Crippen LogP contribution is 2.45. The number of thiazole rings is 1. The van der Waals surface area contributed by atoms with E-state index in [1.807, 2.05) is 75.8 Å². The summed E-state index contributed by atoms with van der Waals surface area (Å²) in [4.78, 5) is 26.4. The molecule has 0 spiro atoms. The molecule has 0 fully saturated rings. The number of hydrogen-bond donors (Lipinski definition) is 1. The molecule has 2 aromatic carbocycles. The number of aryl methyl sites for hydroxylation is 3. The Kier molecular flexibility index (Phi) is 7.22. The summed E-state index contributed by atoms with van der Waals surface area (Å²) in [6, 6.07) is 13.6. The van der Waals surface area contributed by atoms with E-state index in [4.69, 9.17) is 21.3 Å². The van der Waals surface area contributed by atoms with Crippen LogP contribution < -0.4 is 4.74 Å².